The third kappa shape index (κ3) is 6.08. The van der Waals surface area contributed by atoms with E-state index in [-0.39, 0.29) is 11.9 Å². The molecule has 2 N–H and O–H groups in total. The molecule has 1 aliphatic carbocycles. The predicted octanol–water partition coefficient (Wildman–Crippen LogP) is 2.71. The summed E-state index contributed by atoms with van der Waals surface area (Å²) in [5.41, 5.74) is 1.21. The number of hydrogen-bond donors (Lipinski definition) is 2. The Morgan fingerprint density at radius 1 is 1.20 bits per heavy atom. The standard InChI is InChI=1S/C23H35N5OS/c1-5-20(27(3)4)22-25-26-23(28(22)15-18-9-7-6-8-10-18)30-16-21(29)24-19-13-11-17(2)12-14-19/h6-10,17,19-20H,5,11-16H2,1-4H3,(H,24,29)/p+1/t17?,19?,20-/m0/s1. The fourth-order valence-electron chi connectivity index (χ4n) is 4.23. The summed E-state index contributed by atoms with van der Waals surface area (Å²) in [5.74, 6) is 2.25. The number of hydrogen-bond acceptors (Lipinski definition) is 4. The zero-order chi connectivity index (χ0) is 21.5. The monoisotopic (exact) mass is 430 g/mol. The maximum absolute atomic E-state index is 12.5. The average molecular weight is 431 g/mol. The largest absolute Gasteiger partial charge is 0.353 e. The van der Waals surface area contributed by atoms with Crippen LogP contribution in [0.25, 0.3) is 0 Å². The molecule has 1 aliphatic rings. The lowest BCUT2D eigenvalue weighted by Crippen LogP contribution is -3.06. The van der Waals surface area contributed by atoms with Crippen molar-refractivity contribution in [3.8, 4) is 0 Å². The van der Waals surface area contributed by atoms with E-state index < -0.39 is 0 Å². The molecule has 1 aromatic carbocycles. The molecule has 1 atom stereocenters. The zero-order valence-electron chi connectivity index (χ0n) is 18.7. The van der Waals surface area contributed by atoms with Gasteiger partial charge in [-0.05, 0) is 37.2 Å². The van der Waals surface area contributed by atoms with E-state index in [1.807, 2.05) is 6.07 Å². The molecule has 1 heterocycles. The van der Waals surface area contributed by atoms with Crippen molar-refractivity contribution < 1.29 is 9.69 Å². The van der Waals surface area contributed by atoms with Gasteiger partial charge in [-0.2, -0.15) is 0 Å². The lowest BCUT2D eigenvalue weighted by molar-refractivity contribution is -0.893. The minimum Gasteiger partial charge on any atom is -0.353 e. The van der Waals surface area contributed by atoms with Crippen LogP contribution in [-0.4, -0.2) is 46.6 Å². The van der Waals surface area contributed by atoms with Gasteiger partial charge < -0.3 is 10.2 Å². The van der Waals surface area contributed by atoms with Crippen LogP contribution in [0, 0.1) is 5.92 Å². The zero-order valence-corrected chi connectivity index (χ0v) is 19.5. The molecule has 6 nitrogen and oxygen atoms in total. The Labute approximate surface area is 184 Å². The molecule has 0 saturated heterocycles. The van der Waals surface area contributed by atoms with Gasteiger partial charge in [-0.3, -0.25) is 9.36 Å². The first-order chi connectivity index (χ1) is 14.5. The first-order valence-corrected chi connectivity index (χ1v) is 12.2. The number of carbonyl (C=O) groups is 1. The summed E-state index contributed by atoms with van der Waals surface area (Å²) >= 11 is 1.49. The second kappa shape index (κ2) is 11.0. The van der Waals surface area contributed by atoms with Crippen molar-refractivity contribution in [2.75, 3.05) is 19.8 Å². The lowest BCUT2D eigenvalue weighted by Gasteiger charge is -2.26. The van der Waals surface area contributed by atoms with Crippen LogP contribution in [0.15, 0.2) is 35.5 Å². The number of nitrogens with one attached hydrogen (secondary N) is 2. The Morgan fingerprint density at radius 2 is 1.90 bits per heavy atom. The Hall–Kier alpha value is -1.86. The molecule has 2 aromatic rings. The smallest absolute Gasteiger partial charge is 0.230 e. The van der Waals surface area contributed by atoms with Crippen molar-refractivity contribution in [1.82, 2.24) is 20.1 Å². The van der Waals surface area contributed by atoms with E-state index in [4.69, 9.17) is 0 Å². The summed E-state index contributed by atoms with van der Waals surface area (Å²) in [5, 5.41) is 13.1. The van der Waals surface area contributed by atoms with E-state index in [0.717, 1.165) is 42.7 Å². The van der Waals surface area contributed by atoms with E-state index in [0.29, 0.717) is 11.8 Å². The molecule has 3 rings (SSSR count). The molecule has 0 unspecified atom stereocenters. The first kappa shape index (κ1) is 22.8. The minimum atomic E-state index is 0.0978. The summed E-state index contributed by atoms with van der Waals surface area (Å²) in [6.45, 7) is 5.20. The maximum Gasteiger partial charge on any atom is 0.230 e. The van der Waals surface area contributed by atoms with Crippen molar-refractivity contribution >= 4 is 17.7 Å². The highest BCUT2D eigenvalue weighted by Crippen LogP contribution is 2.25. The fraction of sp³-hybridized carbons (Fsp3) is 0.609. The number of aromatic nitrogens is 3. The van der Waals surface area contributed by atoms with Crippen LogP contribution in [0.2, 0.25) is 0 Å². The molecule has 0 aliphatic heterocycles. The van der Waals surface area contributed by atoms with Crippen LogP contribution in [-0.2, 0) is 11.3 Å². The van der Waals surface area contributed by atoms with Gasteiger partial charge in [0.25, 0.3) is 0 Å². The predicted molar refractivity (Wildman–Crippen MR) is 122 cm³/mol. The quantitative estimate of drug-likeness (QED) is 0.601. The van der Waals surface area contributed by atoms with E-state index in [1.54, 1.807) is 0 Å². The van der Waals surface area contributed by atoms with Crippen molar-refractivity contribution in [1.29, 1.82) is 0 Å². The van der Waals surface area contributed by atoms with Crippen LogP contribution >= 0.6 is 11.8 Å². The summed E-state index contributed by atoms with van der Waals surface area (Å²) in [6.07, 6.45) is 5.59. The van der Waals surface area contributed by atoms with Crippen LogP contribution in [0.5, 0.6) is 0 Å². The second-order valence-electron chi connectivity index (χ2n) is 8.76. The van der Waals surface area contributed by atoms with E-state index in [9.17, 15) is 4.79 Å². The van der Waals surface area contributed by atoms with Gasteiger partial charge in [-0.15, -0.1) is 10.2 Å². The molecular weight excluding hydrogens is 394 g/mol. The molecule has 0 radical (unpaired) electrons. The maximum atomic E-state index is 12.5. The van der Waals surface area contributed by atoms with Gasteiger partial charge in [0.1, 0.15) is 6.04 Å². The Bertz CT molecular complexity index is 799. The molecule has 1 saturated carbocycles. The third-order valence-corrected chi connectivity index (χ3v) is 7.03. The average Bonchev–Trinajstić information content (AvgIpc) is 3.11. The molecule has 0 bridgehead atoms. The Kier molecular flexibility index (Phi) is 8.33. The van der Waals surface area contributed by atoms with E-state index in [2.05, 4.69) is 72.3 Å². The Morgan fingerprint density at radius 3 is 2.53 bits per heavy atom. The van der Waals surface area contributed by atoms with Gasteiger partial charge in [0.15, 0.2) is 11.0 Å². The topological polar surface area (TPSA) is 64.2 Å². The van der Waals surface area contributed by atoms with Gasteiger partial charge in [-0.1, -0.05) is 55.9 Å². The van der Waals surface area contributed by atoms with Gasteiger partial charge in [0.05, 0.1) is 26.4 Å². The molecule has 30 heavy (non-hydrogen) atoms. The van der Waals surface area contributed by atoms with E-state index in [1.165, 1.54) is 35.1 Å². The number of amides is 1. The minimum absolute atomic E-state index is 0.0978. The van der Waals surface area contributed by atoms with E-state index >= 15 is 0 Å². The normalized spacial score (nSPS) is 20.3. The highest BCUT2D eigenvalue weighted by atomic mass is 32.2. The summed E-state index contributed by atoms with van der Waals surface area (Å²) in [4.78, 5) is 13.9. The lowest BCUT2D eigenvalue weighted by atomic mass is 9.87. The number of thioether (sulfide) groups is 1. The molecular formula is C23H36N5OS+. The highest BCUT2D eigenvalue weighted by molar-refractivity contribution is 7.99. The fourth-order valence-corrected chi connectivity index (χ4v) is 4.99. The van der Waals surface area contributed by atoms with Gasteiger partial charge in [0, 0.05) is 12.5 Å². The number of quaternary nitrogens is 1. The van der Waals surface area contributed by atoms with Crippen LogP contribution in [0.1, 0.15) is 63.4 Å². The van der Waals surface area contributed by atoms with Crippen LogP contribution in [0.3, 0.4) is 0 Å². The number of carbonyl (C=O) groups excluding carboxylic acids is 1. The SMILES string of the molecule is CC[C@@H](c1nnc(SCC(=O)NC2CCC(C)CC2)n1Cc1ccccc1)[NH+](C)C. The van der Waals surface area contributed by atoms with Crippen LogP contribution in [0.4, 0.5) is 0 Å². The highest BCUT2D eigenvalue weighted by Gasteiger charge is 2.26. The van der Waals surface area contributed by atoms with Gasteiger partial charge >= 0.3 is 0 Å². The second-order valence-corrected chi connectivity index (χ2v) is 9.71. The summed E-state index contributed by atoms with van der Waals surface area (Å²) in [6, 6.07) is 11.0. The molecule has 7 heteroatoms. The van der Waals surface area contributed by atoms with Crippen molar-refractivity contribution in [3.63, 3.8) is 0 Å². The van der Waals surface area contributed by atoms with Crippen molar-refractivity contribution in [2.45, 2.75) is 69.7 Å². The van der Waals surface area contributed by atoms with Crippen molar-refractivity contribution in [2.24, 2.45) is 5.92 Å². The van der Waals surface area contributed by atoms with Crippen LogP contribution < -0.4 is 10.2 Å². The first-order valence-electron chi connectivity index (χ1n) is 11.2. The number of benzene rings is 1. The summed E-state index contributed by atoms with van der Waals surface area (Å²) < 4.78 is 2.19. The molecule has 164 valence electrons. The molecule has 1 amide bonds. The number of nitrogens with zero attached hydrogens (tertiary/aromatic N) is 3. The molecule has 1 aromatic heterocycles. The van der Waals surface area contributed by atoms with Gasteiger partial charge in [-0.25, -0.2) is 0 Å². The molecule has 0 spiro atoms. The Balaban J connectivity index is 1.70. The number of rotatable bonds is 9. The third-order valence-electron chi connectivity index (χ3n) is 6.06. The molecule has 1 fully saturated rings. The van der Waals surface area contributed by atoms with Gasteiger partial charge in [0.2, 0.25) is 5.91 Å². The van der Waals surface area contributed by atoms with Crippen molar-refractivity contribution in [3.05, 3.63) is 41.7 Å². The summed E-state index contributed by atoms with van der Waals surface area (Å²) in [7, 11) is 4.31.